The van der Waals surface area contributed by atoms with Crippen LogP contribution in [0.25, 0.3) is 5.69 Å². The van der Waals surface area contributed by atoms with Crippen LogP contribution >= 0.6 is 0 Å². The summed E-state index contributed by atoms with van der Waals surface area (Å²) in [6, 6.07) is 16.8. The van der Waals surface area contributed by atoms with E-state index >= 15 is 0 Å². The third-order valence-corrected chi connectivity index (χ3v) is 5.73. The largest absolute Gasteiger partial charge is 0.296 e. The molecule has 1 aromatic heterocycles. The predicted octanol–water partition coefficient (Wildman–Crippen LogP) is 2.76. The Morgan fingerprint density at radius 3 is 2.11 bits per heavy atom. The van der Waals surface area contributed by atoms with Crippen molar-refractivity contribution in [2.75, 3.05) is 10.6 Å². The molecule has 0 radical (unpaired) electrons. The zero-order chi connectivity index (χ0) is 19.8. The van der Waals surface area contributed by atoms with Crippen LogP contribution in [0.4, 0.5) is 5.69 Å². The Bertz CT molecular complexity index is 1110. The van der Waals surface area contributed by atoms with Gasteiger partial charge in [0, 0.05) is 7.05 Å². The van der Waals surface area contributed by atoms with Gasteiger partial charge in [0.15, 0.2) is 0 Å². The number of aryl methyl sites for hydroxylation is 1. The molecule has 7 heteroatoms. The van der Waals surface area contributed by atoms with Gasteiger partial charge in [-0.05, 0) is 31.5 Å². The first-order valence-corrected chi connectivity index (χ1v) is 10.4. The molecule has 0 fully saturated rings. The second-order valence-electron chi connectivity index (χ2n) is 6.67. The van der Waals surface area contributed by atoms with E-state index in [2.05, 4.69) is 0 Å². The fraction of sp³-hybridized carbons (Fsp3) is 0.250. The summed E-state index contributed by atoms with van der Waals surface area (Å²) in [4.78, 5) is 13.2. The lowest BCUT2D eigenvalue weighted by molar-refractivity contribution is 0.596. The third kappa shape index (κ3) is 3.68. The summed E-state index contributed by atoms with van der Waals surface area (Å²) in [6.45, 7) is 3.83. The molecule has 0 atom stereocenters. The summed E-state index contributed by atoms with van der Waals surface area (Å²) in [5.41, 5.74) is 2.99. The number of hydrogen-bond acceptors (Lipinski definition) is 3. The van der Waals surface area contributed by atoms with Crippen LogP contribution in [0.3, 0.4) is 0 Å². The molecule has 0 aliphatic rings. The summed E-state index contributed by atoms with van der Waals surface area (Å²) in [5.74, 6) is 0. The number of hydrogen-bond donors (Lipinski definition) is 0. The van der Waals surface area contributed by atoms with Crippen molar-refractivity contribution in [2.45, 2.75) is 20.4 Å². The zero-order valence-corrected chi connectivity index (χ0v) is 16.7. The van der Waals surface area contributed by atoms with E-state index in [1.807, 2.05) is 61.5 Å². The first-order chi connectivity index (χ1) is 12.7. The summed E-state index contributed by atoms with van der Waals surface area (Å²) in [7, 11) is -1.90. The highest BCUT2D eigenvalue weighted by atomic mass is 32.2. The molecule has 0 saturated heterocycles. The minimum absolute atomic E-state index is 0.105. The van der Waals surface area contributed by atoms with Crippen molar-refractivity contribution in [3.8, 4) is 5.69 Å². The predicted molar refractivity (Wildman–Crippen MR) is 108 cm³/mol. The molecule has 2 aromatic carbocycles. The number of anilines is 1. The van der Waals surface area contributed by atoms with Gasteiger partial charge < -0.3 is 0 Å². The first kappa shape index (κ1) is 19.0. The van der Waals surface area contributed by atoms with Crippen LogP contribution in [0.1, 0.15) is 16.8 Å². The van der Waals surface area contributed by atoms with Gasteiger partial charge in [-0.3, -0.25) is 13.8 Å². The molecule has 142 valence electrons. The van der Waals surface area contributed by atoms with E-state index < -0.39 is 10.0 Å². The number of aromatic nitrogens is 2. The average molecular weight is 385 g/mol. The molecular formula is C20H23N3O3S. The van der Waals surface area contributed by atoms with Crippen LogP contribution in [-0.4, -0.2) is 24.0 Å². The zero-order valence-electron chi connectivity index (χ0n) is 15.9. The van der Waals surface area contributed by atoms with E-state index in [-0.39, 0.29) is 17.8 Å². The monoisotopic (exact) mass is 385 g/mol. The van der Waals surface area contributed by atoms with E-state index in [1.54, 1.807) is 18.7 Å². The smallest absolute Gasteiger partial charge is 0.283 e. The van der Waals surface area contributed by atoms with Crippen LogP contribution in [0.15, 0.2) is 59.4 Å². The maximum atomic E-state index is 13.2. The van der Waals surface area contributed by atoms with Gasteiger partial charge in [-0.15, -0.1) is 0 Å². The van der Waals surface area contributed by atoms with E-state index in [0.29, 0.717) is 11.4 Å². The molecule has 0 saturated carbocycles. The van der Waals surface area contributed by atoms with E-state index in [1.165, 1.54) is 8.99 Å². The van der Waals surface area contributed by atoms with Crippen molar-refractivity contribution in [2.24, 2.45) is 7.05 Å². The SMILES string of the molecule is Cc1ccc(CN(c2c(C)n(C)n(-c3ccccc3)c2=O)S(C)(=O)=O)cc1. The normalized spacial score (nSPS) is 11.6. The number of rotatable bonds is 5. The summed E-state index contributed by atoms with van der Waals surface area (Å²) >= 11 is 0. The van der Waals surface area contributed by atoms with Crippen LogP contribution in [-0.2, 0) is 23.6 Å². The van der Waals surface area contributed by atoms with Gasteiger partial charge in [-0.2, -0.15) is 0 Å². The van der Waals surface area contributed by atoms with Gasteiger partial charge in [0.25, 0.3) is 5.56 Å². The van der Waals surface area contributed by atoms with Crippen molar-refractivity contribution < 1.29 is 8.42 Å². The van der Waals surface area contributed by atoms with Crippen molar-refractivity contribution in [1.29, 1.82) is 0 Å². The van der Waals surface area contributed by atoms with Gasteiger partial charge >= 0.3 is 0 Å². The molecule has 27 heavy (non-hydrogen) atoms. The van der Waals surface area contributed by atoms with Crippen molar-refractivity contribution in [1.82, 2.24) is 9.36 Å². The molecule has 0 N–H and O–H groups in total. The lowest BCUT2D eigenvalue weighted by Crippen LogP contribution is -2.34. The molecule has 1 heterocycles. The second kappa shape index (κ2) is 7.08. The van der Waals surface area contributed by atoms with Gasteiger partial charge in [-0.1, -0.05) is 48.0 Å². The van der Waals surface area contributed by atoms with Crippen LogP contribution in [0, 0.1) is 13.8 Å². The Morgan fingerprint density at radius 1 is 0.963 bits per heavy atom. The molecule has 3 aromatic rings. The second-order valence-corrected chi connectivity index (χ2v) is 8.57. The molecule has 6 nitrogen and oxygen atoms in total. The average Bonchev–Trinajstić information content (AvgIpc) is 2.84. The highest BCUT2D eigenvalue weighted by molar-refractivity contribution is 7.92. The van der Waals surface area contributed by atoms with E-state index in [9.17, 15) is 13.2 Å². The van der Waals surface area contributed by atoms with Gasteiger partial charge in [0.1, 0.15) is 5.69 Å². The molecule has 0 unspecified atom stereocenters. The molecular weight excluding hydrogens is 362 g/mol. The van der Waals surface area contributed by atoms with Crippen molar-refractivity contribution >= 4 is 15.7 Å². The van der Waals surface area contributed by atoms with Crippen LogP contribution in [0.2, 0.25) is 0 Å². The fourth-order valence-electron chi connectivity index (χ4n) is 3.06. The Kier molecular flexibility index (Phi) is 4.97. The molecule has 0 amide bonds. The minimum Gasteiger partial charge on any atom is -0.283 e. The fourth-order valence-corrected chi connectivity index (χ4v) is 3.99. The lowest BCUT2D eigenvalue weighted by atomic mass is 10.1. The standard InChI is InChI=1S/C20H23N3O3S/c1-15-10-12-17(13-11-15)14-22(27(4,25)26)19-16(2)21(3)23(20(19)24)18-8-6-5-7-9-18/h5-13H,14H2,1-4H3. The summed E-state index contributed by atoms with van der Waals surface area (Å²) in [6.07, 6.45) is 1.12. The van der Waals surface area contributed by atoms with Crippen LogP contribution < -0.4 is 9.86 Å². The van der Waals surface area contributed by atoms with Crippen molar-refractivity contribution in [3.05, 3.63) is 81.8 Å². The molecule has 0 aliphatic carbocycles. The first-order valence-electron chi connectivity index (χ1n) is 8.57. The molecule has 0 spiro atoms. The van der Waals surface area contributed by atoms with Gasteiger partial charge in [0.2, 0.25) is 10.0 Å². The van der Waals surface area contributed by atoms with Crippen molar-refractivity contribution in [3.63, 3.8) is 0 Å². The highest BCUT2D eigenvalue weighted by Gasteiger charge is 2.27. The minimum atomic E-state index is -3.65. The summed E-state index contributed by atoms with van der Waals surface area (Å²) < 4.78 is 29.4. The number of benzene rings is 2. The molecule has 3 rings (SSSR count). The van der Waals surface area contributed by atoms with Gasteiger partial charge in [-0.25, -0.2) is 13.1 Å². The Balaban J connectivity index is 2.16. The maximum absolute atomic E-state index is 13.2. The Labute approximate surface area is 159 Å². The Hall–Kier alpha value is -2.80. The van der Waals surface area contributed by atoms with Gasteiger partial charge in [0.05, 0.1) is 24.2 Å². The quantitative estimate of drug-likeness (QED) is 0.678. The lowest BCUT2D eigenvalue weighted by Gasteiger charge is -2.21. The molecule has 0 bridgehead atoms. The van der Waals surface area contributed by atoms with E-state index in [4.69, 9.17) is 0 Å². The number of nitrogens with zero attached hydrogens (tertiary/aromatic N) is 3. The molecule has 0 aliphatic heterocycles. The Morgan fingerprint density at radius 2 is 1.56 bits per heavy atom. The topological polar surface area (TPSA) is 64.3 Å². The maximum Gasteiger partial charge on any atom is 0.296 e. The third-order valence-electron chi connectivity index (χ3n) is 4.62. The summed E-state index contributed by atoms with van der Waals surface area (Å²) in [5, 5.41) is 0. The number of para-hydroxylation sites is 1. The highest BCUT2D eigenvalue weighted by Crippen LogP contribution is 2.23. The number of sulfonamides is 1. The van der Waals surface area contributed by atoms with Crippen LogP contribution in [0.5, 0.6) is 0 Å². The van der Waals surface area contributed by atoms with E-state index in [0.717, 1.165) is 17.4 Å².